The average molecular weight is 346 g/mol. The Bertz CT molecular complexity index is 850. The lowest BCUT2D eigenvalue weighted by Crippen LogP contribution is -2.06. The predicted octanol–water partition coefficient (Wildman–Crippen LogP) is 6.30. The van der Waals surface area contributed by atoms with Crippen LogP contribution in [0.2, 0.25) is 0 Å². The number of hydrogen-bond donors (Lipinski definition) is 0. The van der Waals surface area contributed by atoms with Crippen LogP contribution in [0.3, 0.4) is 0 Å². The summed E-state index contributed by atoms with van der Waals surface area (Å²) in [6.45, 7) is 2.91. The zero-order chi connectivity index (χ0) is 17.9. The van der Waals surface area contributed by atoms with Crippen molar-refractivity contribution in [3.63, 3.8) is 0 Å². The minimum absolute atomic E-state index is 0.501. The standard InChI is InChI=1S/C20H21F3N2/c1-2-3-4-7-13-25-18-12-6-5-11-17(18)24-19(25)15-9-8-10-16(14-15)20(21,22)23/h5-6,8-12,14H,2-4,7,13H2,1H3. The molecule has 3 aromatic rings. The van der Waals surface area contributed by atoms with Gasteiger partial charge in [0.2, 0.25) is 0 Å². The maximum atomic E-state index is 13.0. The minimum atomic E-state index is -4.35. The minimum Gasteiger partial charge on any atom is -0.324 e. The van der Waals surface area contributed by atoms with Gasteiger partial charge in [-0.3, -0.25) is 0 Å². The van der Waals surface area contributed by atoms with Crippen molar-refractivity contribution in [2.24, 2.45) is 0 Å². The van der Waals surface area contributed by atoms with E-state index in [1.54, 1.807) is 6.07 Å². The highest BCUT2D eigenvalue weighted by molar-refractivity contribution is 5.80. The van der Waals surface area contributed by atoms with Crippen LogP contribution in [0.5, 0.6) is 0 Å². The topological polar surface area (TPSA) is 17.8 Å². The maximum Gasteiger partial charge on any atom is 0.416 e. The maximum absolute atomic E-state index is 13.0. The molecule has 1 aromatic heterocycles. The summed E-state index contributed by atoms with van der Waals surface area (Å²) < 4.78 is 41.2. The molecule has 0 aliphatic rings. The number of alkyl halides is 3. The lowest BCUT2D eigenvalue weighted by atomic mass is 10.1. The smallest absolute Gasteiger partial charge is 0.324 e. The van der Waals surface area contributed by atoms with Crippen LogP contribution in [0.4, 0.5) is 13.2 Å². The van der Waals surface area contributed by atoms with Gasteiger partial charge in [-0.25, -0.2) is 4.98 Å². The van der Waals surface area contributed by atoms with E-state index >= 15 is 0 Å². The van der Waals surface area contributed by atoms with Crippen LogP contribution in [-0.4, -0.2) is 9.55 Å². The SMILES string of the molecule is CCCCCCn1c(-c2cccc(C(F)(F)F)c2)nc2ccccc21. The van der Waals surface area contributed by atoms with Gasteiger partial charge in [0, 0.05) is 12.1 Å². The van der Waals surface area contributed by atoms with Crippen molar-refractivity contribution in [2.75, 3.05) is 0 Å². The fourth-order valence-corrected chi connectivity index (χ4v) is 3.05. The van der Waals surface area contributed by atoms with E-state index in [2.05, 4.69) is 11.9 Å². The summed E-state index contributed by atoms with van der Waals surface area (Å²) in [7, 11) is 0. The molecule has 0 bridgehead atoms. The second kappa shape index (κ2) is 7.30. The summed E-state index contributed by atoms with van der Waals surface area (Å²) in [5.41, 5.74) is 1.63. The molecule has 1 heterocycles. The molecule has 0 atom stereocenters. The number of fused-ring (bicyclic) bond motifs is 1. The molecule has 25 heavy (non-hydrogen) atoms. The zero-order valence-electron chi connectivity index (χ0n) is 14.2. The number of rotatable bonds is 6. The lowest BCUT2D eigenvalue weighted by molar-refractivity contribution is -0.137. The third-order valence-electron chi connectivity index (χ3n) is 4.34. The van der Waals surface area contributed by atoms with Gasteiger partial charge < -0.3 is 4.57 Å². The van der Waals surface area contributed by atoms with Crippen molar-refractivity contribution in [1.82, 2.24) is 9.55 Å². The number of benzene rings is 2. The molecule has 0 N–H and O–H groups in total. The lowest BCUT2D eigenvalue weighted by Gasteiger charge is -2.11. The van der Waals surface area contributed by atoms with E-state index in [9.17, 15) is 13.2 Å². The van der Waals surface area contributed by atoms with Crippen LogP contribution in [0, 0.1) is 0 Å². The van der Waals surface area contributed by atoms with Crippen LogP contribution in [-0.2, 0) is 12.7 Å². The fraction of sp³-hybridized carbons (Fsp3) is 0.350. The number of aromatic nitrogens is 2. The third kappa shape index (κ3) is 3.86. The van der Waals surface area contributed by atoms with Gasteiger partial charge in [0.1, 0.15) is 5.82 Å². The largest absolute Gasteiger partial charge is 0.416 e. The van der Waals surface area contributed by atoms with Gasteiger partial charge in [0.25, 0.3) is 0 Å². The fourth-order valence-electron chi connectivity index (χ4n) is 3.05. The molecule has 0 fully saturated rings. The van der Waals surface area contributed by atoms with Gasteiger partial charge in [-0.05, 0) is 30.7 Å². The van der Waals surface area contributed by atoms with Crippen molar-refractivity contribution >= 4 is 11.0 Å². The van der Waals surface area contributed by atoms with E-state index in [0.717, 1.165) is 49.3 Å². The van der Waals surface area contributed by atoms with Gasteiger partial charge in [-0.2, -0.15) is 13.2 Å². The average Bonchev–Trinajstić information content (AvgIpc) is 2.97. The monoisotopic (exact) mass is 346 g/mol. The van der Waals surface area contributed by atoms with E-state index in [4.69, 9.17) is 0 Å². The highest BCUT2D eigenvalue weighted by Gasteiger charge is 2.30. The van der Waals surface area contributed by atoms with Crippen molar-refractivity contribution in [3.05, 3.63) is 54.1 Å². The summed E-state index contributed by atoms with van der Waals surface area (Å²) in [5, 5.41) is 0. The molecule has 3 rings (SSSR count). The first-order valence-corrected chi connectivity index (χ1v) is 8.63. The Morgan fingerprint density at radius 1 is 0.960 bits per heavy atom. The van der Waals surface area contributed by atoms with Crippen molar-refractivity contribution in [1.29, 1.82) is 0 Å². The molecule has 0 aliphatic heterocycles. The van der Waals surface area contributed by atoms with Crippen LogP contribution in [0.25, 0.3) is 22.4 Å². The van der Waals surface area contributed by atoms with Gasteiger partial charge in [-0.1, -0.05) is 50.5 Å². The first-order chi connectivity index (χ1) is 12.0. The molecule has 0 aliphatic carbocycles. The quantitative estimate of drug-likeness (QED) is 0.479. The molecule has 0 radical (unpaired) electrons. The molecule has 0 saturated heterocycles. The number of aryl methyl sites for hydroxylation is 1. The van der Waals surface area contributed by atoms with Crippen LogP contribution >= 0.6 is 0 Å². The normalized spacial score (nSPS) is 12.0. The first-order valence-electron chi connectivity index (χ1n) is 8.63. The molecular weight excluding hydrogens is 325 g/mol. The Morgan fingerprint density at radius 2 is 1.76 bits per heavy atom. The van der Waals surface area contributed by atoms with Crippen molar-refractivity contribution < 1.29 is 13.2 Å². The highest BCUT2D eigenvalue weighted by atomic mass is 19.4. The molecule has 0 spiro atoms. The van der Waals surface area contributed by atoms with Crippen LogP contribution < -0.4 is 0 Å². The Balaban J connectivity index is 2.03. The highest BCUT2D eigenvalue weighted by Crippen LogP contribution is 2.33. The molecule has 2 nitrogen and oxygen atoms in total. The second-order valence-corrected chi connectivity index (χ2v) is 6.21. The van der Waals surface area contributed by atoms with E-state index in [0.29, 0.717) is 11.4 Å². The number of nitrogens with zero attached hydrogens (tertiary/aromatic N) is 2. The summed E-state index contributed by atoms with van der Waals surface area (Å²) in [5.74, 6) is 0.601. The Hall–Kier alpha value is -2.30. The zero-order valence-corrected chi connectivity index (χ0v) is 14.2. The summed E-state index contributed by atoms with van der Waals surface area (Å²) in [6.07, 6.45) is 0.0376. The Morgan fingerprint density at radius 3 is 2.52 bits per heavy atom. The van der Waals surface area contributed by atoms with Crippen molar-refractivity contribution in [2.45, 2.75) is 45.3 Å². The van der Waals surface area contributed by atoms with Crippen molar-refractivity contribution in [3.8, 4) is 11.4 Å². The van der Waals surface area contributed by atoms with E-state index in [1.165, 1.54) is 12.1 Å². The Labute approximate surface area is 145 Å². The number of hydrogen-bond acceptors (Lipinski definition) is 1. The first kappa shape index (κ1) is 17.5. The van der Waals surface area contributed by atoms with Crippen LogP contribution in [0.1, 0.15) is 38.2 Å². The summed E-state index contributed by atoms with van der Waals surface area (Å²) in [6, 6.07) is 13.1. The molecule has 0 unspecified atom stereocenters. The number of unbranched alkanes of at least 4 members (excludes halogenated alkanes) is 3. The predicted molar refractivity (Wildman–Crippen MR) is 94.3 cm³/mol. The molecule has 2 aromatic carbocycles. The van der Waals surface area contributed by atoms with Gasteiger partial charge in [0.05, 0.1) is 16.6 Å². The summed E-state index contributed by atoms with van der Waals surface area (Å²) >= 11 is 0. The van der Waals surface area contributed by atoms with Gasteiger partial charge >= 0.3 is 6.18 Å². The Kier molecular flexibility index (Phi) is 5.11. The van der Waals surface area contributed by atoms with Crippen LogP contribution in [0.15, 0.2) is 48.5 Å². The molecule has 0 amide bonds. The third-order valence-corrected chi connectivity index (χ3v) is 4.34. The van der Waals surface area contributed by atoms with Gasteiger partial charge in [-0.15, -0.1) is 0 Å². The molecule has 132 valence electrons. The number of imidazole rings is 1. The molecule has 5 heteroatoms. The van der Waals surface area contributed by atoms with E-state index in [1.807, 2.05) is 28.8 Å². The van der Waals surface area contributed by atoms with Gasteiger partial charge in [0.15, 0.2) is 0 Å². The number of para-hydroxylation sites is 2. The summed E-state index contributed by atoms with van der Waals surface area (Å²) in [4.78, 5) is 4.60. The van der Waals surface area contributed by atoms with E-state index < -0.39 is 11.7 Å². The second-order valence-electron chi connectivity index (χ2n) is 6.21. The molecule has 0 saturated carbocycles. The molecular formula is C20H21F3N2. The van der Waals surface area contributed by atoms with E-state index in [-0.39, 0.29) is 0 Å². The number of halogens is 3.